The zero-order chi connectivity index (χ0) is 28.5. The van der Waals surface area contributed by atoms with Gasteiger partial charge in [0.15, 0.2) is 0 Å². The third kappa shape index (κ3) is 16.3. The van der Waals surface area contributed by atoms with Crippen LogP contribution < -0.4 is 58.7 Å². The summed E-state index contributed by atoms with van der Waals surface area (Å²) in [5, 5.41) is 14.0. The molecule has 0 aromatic heterocycles. The van der Waals surface area contributed by atoms with Gasteiger partial charge in [-0.05, 0) is 66.3 Å². The van der Waals surface area contributed by atoms with E-state index < -0.39 is 60.8 Å². The molecule has 31 heteroatoms. The Morgan fingerprint density at radius 2 is 0.405 bits per heavy atom. The fraction of sp³-hybridized carbons (Fsp3) is 1.00. The largest absolute Gasteiger partial charge is 3.00 e. The summed E-state index contributed by atoms with van der Waals surface area (Å²) in [4.78, 5) is 119. The molecule has 0 aromatic rings. The van der Waals surface area contributed by atoms with E-state index in [0.717, 1.165) is 0 Å². The van der Waals surface area contributed by atoms with Crippen molar-refractivity contribution in [2.24, 2.45) is 0 Å². The van der Waals surface area contributed by atoms with E-state index in [9.17, 15) is 86.1 Å². The molecule has 0 heterocycles. The van der Waals surface area contributed by atoms with Gasteiger partial charge in [0, 0.05) is 0 Å². The Bertz CT molecular complexity index is 762. The maximum absolute atomic E-state index is 9.95. The van der Waals surface area contributed by atoms with Crippen molar-refractivity contribution in [1.29, 1.82) is 0 Å². The number of aliphatic hydroxyl groups is 3. The van der Waals surface area contributed by atoms with Gasteiger partial charge in [-0.1, -0.05) is 0 Å². The second-order valence-corrected chi connectivity index (χ2v) is 18.2. The van der Waals surface area contributed by atoms with E-state index >= 15 is 0 Å². The predicted octanol–water partition coefficient (Wildman–Crippen LogP) is -10.6. The Morgan fingerprint density at radius 1 is 0.351 bits per heavy atom. The maximum atomic E-state index is 9.95. The SMILES string of the molecule is CC(O)(P(=O)([O-])[O-])P(=O)([O-])[O-].CC(O)(P(=O)([O-])[O-])P(=O)([O-])[O-].CC(O)(P(=O)([O-])[O-])P(=O)([O-])[O-].[Fe+3].[Fe+3].[Fe+3].[Fe+3]. The van der Waals surface area contributed by atoms with Crippen molar-refractivity contribution in [2.45, 2.75) is 36.0 Å². The molecule has 3 N–H and O–H groups in total. The minimum Gasteiger partial charge on any atom is -0.808 e. The van der Waals surface area contributed by atoms with E-state index in [0.29, 0.717) is 0 Å². The summed E-state index contributed by atoms with van der Waals surface area (Å²) in [6.07, 6.45) is 0. The molecule has 0 spiro atoms. The van der Waals surface area contributed by atoms with Crippen molar-refractivity contribution in [3.05, 3.63) is 0 Å². The van der Waals surface area contributed by atoms with Gasteiger partial charge in [-0.25, -0.2) is 0 Å². The van der Waals surface area contributed by atoms with Crippen LogP contribution in [0.3, 0.4) is 0 Å². The Balaban J connectivity index is -0.0000000692. The first-order valence-corrected chi connectivity index (χ1v) is 16.1. The van der Waals surface area contributed by atoms with Gasteiger partial charge < -0.3 is 101 Å². The maximum Gasteiger partial charge on any atom is 3.00 e. The van der Waals surface area contributed by atoms with E-state index in [1.807, 2.05) is 0 Å². The summed E-state index contributed by atoms with van der Waals surface area (Å²) in [5.74, 6) is 0. The molecule has 0 unspecified atom stereocenters. The Kier molecular flexibility index (Phi) is 26.0. The fourth-order valence-electron chi connectivity index (χ4n) is 0.450. The number of hydrogen-bond acceptors (Lipinski definition) is 21. The van der Waals surface area contributed by atoms with E-state index in [-0.39, 0.29) is 89.0 Å². The molecule has 0 atom stereocenters. The van der Waals surface area contributed by atoms with Crippen molar-refractivity contribution in [3.63, 3.8) is 0 Å². The van der Waals surface area contributed by atoms with Crippen molar-refractivity contribution in [1.82, 2.24) is 0 Å². The van der Waals surface area contributed by atoms with Crippen molar-refractivity contribution in [3.8, 4) is 0 Å². The van der Waals surface area contributed by atoms with Crippen LogP contribution in [0, 0.1) is 0 Å². The second kappa shape index (κ2) is 17.2. The van der Waals surface area contributed by atoms with Gasteiger partial charge in [0.1, 0.15) is 15.2 Å². The molecule has 0 rings (SSSR count). The first-order chi connectivity index (χ1) is 13.5. The minimum absolute atomic E-state index is 0. The van der Waals surface area contributed by atoms with Gasteiger partial charge in [-0.2, -0.15) is 0 Å². The average Bonchev–Trinajstić information content (AvgIpc) is 2.41. The van der Waals surface area contributed by atoms with Crippen LogP contribution in [0.15, 0.2) is 0 Å². The number of rotatable bonds is 6. The molecule has 4 radical (unpaired) electrons. The Hall–Kier alpha value is 2.86. The van der Waals surface area contributed by atoms with Crippen LogP contribution in [0.25, 0.3) is 0 Å². The molecule has 0 amide bonds. The molecule has 0 fully saturated rings. The van der Waals surface area contributed by atoms with Gasteiger partial charge in [0.25, 0.3) is 0 Å². The van der Waals surface area contributed by atoms with Crippen LogP contribution in [0.1, 0.15) is 20.8 Å². The third-order valence-electron chi connectivity index (χ3n) is 3.11. The molecule has 0 aromatic carbocycles. The molecule has 37 heavy (non-hydrogen) atoms. The molecule has 0 aliphatic carbocycles. The molecular formula is C6H12Fe4O21P6. The molecule has 0 bridgehead atoms. The van der Waals surface area contributed by atoms with Gasteiger partial charge in [-0.15, -0.1) is 0 Å². The topological polar surface area (TPSA) is 440 Å². The summed E-state index contributed by atoms with van der Waals surface area (Å²) in [7, 11) is -34.9. The summed E-state index contributed by atoms with van der Waals surface area (Å²) >= 11 is 0. The summed E-state index contributed by atoms with van der Waals surface area (Å²) in [6, 6.07) is 0. The van der Waals surface area contributed by atoms with Crippen LogP contribution in [0.5, 0.6) is 0 Å². The summed E-state index contributed by atoms with van der Waals surface area (Å²) in [5.41, 5.74) is 0. The molecule has 0 aliphatic rings. The van der Waals surface area contributed by atoms with E-state index in [1.54, 1.807) is 0 Å². The Labute approximate surface area is 250 Å². The van der Waals surface area contributed by atoms with Gasteiger partial charge in [0.05, 0.1) is 0 Å². The molecule has 21 nitrogen and oxygen atoms in total. The second-order valence-electron chi connectivity index (χ2n) is 5.90. The zero-order valence-electron chi connectivity index (χ0n) is 17.3. The molecule has 224 valence electrons. The van der Waals surface area contributed by atoms with Crippen LogP contribution in [-0.2, 0) is 95.7 Å². The van der Waals surface area contributed by atoms with Crippen LogP contribution in [-0.4, -0.2) is 30.6 Å². The first-order valence-electron chi connectivity index (χ1n) is 6.80. The Morgan fingerprint density at radius 3 is 0.405 bits per heavy atom. The van der Waals surface area contributed by atoms with Crippen LogP contribution >= 0.6 is 45.6 Å². The molecule has 0 aliphatic heterocycles. The monoisotopic (exact) mass is 830 g/mol. The molecule has 0 saturated heterocycles. The molecular weight excluding hydrogens is 817 g/mol. The van der Waals surface area contributed by atoms with E-state index in [2.05, 4.69) is 0 Å². The standard InChI is InChI=1S/3C2H8O7P2.4Fe/c3*1-2(3,10(4,5)6)11(7,8)9;;;;/h3*3H,1H3,(H2,4,5,6)(H2,7,8,9);;;;/q;;;4*+3/p-12. The van der Waals surface area contributed by atoms with Gasteiger partial charge in [0.2, 0.25) is 0 Å². The summed E-state index contributed by atoms with van der Waals surface area (Å²) in [6.45, 7) is 0.400. The van der Waals surface area contributed by atoms with Crippen molar-refractivity contribution < 1.29 is 170 Å². The quantitative estimate of drug-likeness (QED) is 0.165. The summed E-state index contributed by atoms with van der Waals surface area (Å²) < 4.78 is 59.7. The van der Waals surface area contributed by atoms with Gasteiger partial charge in [-0.3, -0.25) is 0 Å². The van der Waals surface area contributed by atoms with Crippen LogP contribution in [0.2, 0.25) is 0 Å². The minimum atomic E-state index is -5.82. The fourth-order valence-corrected chi connectivity index (χ4v) is 4.05. The van der Waals surface area contributed by atoms with E-state index in [4.69, 9.17) is 15.3 Å². The first kappa shape index (κ1) is 55.7. The normalized spacial score (nSPS) is 13.5. The average molecular weight is 829 g/mol. The zero-order valence-corrected chi connectivity index (χ0v) is 27.1. The smallest absolute Gasteiger partial charge is 0.808 e. The van der Waals surface area contributed by atoms with Crippen molar-refractivity contribution >= 4 is 45.6 Å². The van der Waals surface area contributed by atoms with E-state index in [1.165, 1.54) is 0 Å². The molecule has 0 saturated carbocycles. The third-order valence-corrected chi connectivity index (χ3v) is 13.7. The number of hydrogen-bond donors (Lipinski definition) is 3. The predicted molar refractivity (Wildman–Crippen MR) is 77.5 cm³/mol. The van der Waals surface area contributed by atoms with Gasteiger partial charge >= 0.3 is 68.3 Å². The van der Waals surface area contributed by atoms with Crippen LogP contribution in [0.4, 0.5) is 0 Å². The van der Waals surface area contributed by atoms with Crippen molar-refractivity contribution in [2.75, 3.05) is 0 Å².